The van der Waals surface area contributed by atoms with Gasteiger partial charge in [-0.15, -0.1) is 0 Å². The molecule has 102 valence electrons. The Balaban J connectivity index is 1.79. The van der Waals surface area contributed by atoms with Crippen LogP contribution in [0.25, 0.3) is 21.9 Å². The van der Waals surface area contributed by atoms with Crippen LogP contribution < -0.4 is 10.5 Å². The maximum atomic E-state index is 5.86. The van der Waals surface area contributed by atoms with Crippen molar-refractivity contribution in [1.82, 2.24) is 15.3 Å². The van der Waals surface area contributed by atoms with Gasteiger partial charge in [0.25, 0.3) is 0 Å². The van der Waals surface area contributed by atoms with Gasteiger partial charge in [0.15, 0.2) is 16.8 Å². The molecule has 0 spiro atoms. The second-order valence-electron chi connectivity index (χ2n) is 4.57. The molecular formula is C15H10N4O2. The number of ether oxygens (including phenoxy) is 1. The molecular weight excluding hydrogens is 268 g/mol. The molecule has 0 fully saturated rings. The van der Waals surface area contributed by atoms with Crippen LogP contribution in [0.3, 0.4) is 0 Å². The third-order valence-electron chi connectivity index (χ3n) is 3.21. The number of nitrogens with two attached hydrogens (primary N) is 1. The SMILES string of the molecule is Nc1ccc(Oc2ccc3cccnc3c2)c2nonc12. The lowest BCUT2D eigenvalue weighted by Crippen LogP contribution is -1.90. The zero-order chi connectivity index (χ0) is 14.2. The molecule has 0 aliphatic heterocycles. The minimum absolute atomic E-state index is 0.492. The van der Waals surface area contributed by atoms with E-state index >= 15 is 0 Å². The zero-order valence-corrected chi connectivity index (χ0v) is 10.9. The number of hydrogen-bond donors (Lipinski definition) is 1. The van der Waals surface area contributed by atoms with E-state index in [4.69, 9.17) is 15.1 Å². The summed E-state index contributed by atoms with van der Waals surface area (Å²) >= 11 is 0. The maximum absolute atomic E-state index is 5.86. The van der Waals surface area contributed by atoms with Gasteiger partial charge >= 0.3 is 0 Å². The fraction of sp³-hybridized carbons (Fsp3) is 0. The van der Waals surface area contributed by atoms with Gasteiger partial charge in [-0.1, -0.05) is 6.07 Å². The largest absolute Gasteiger partial charge is 0.455 e. The van der Waals surface area contributed by atoms with E-state index in [1.165, 1.54) is 0 Å². The third-order valence-corrected chi connectivity index (χ3v) is 3.21. The quantitative estimate of drug-likeness (QED) is 0.567. The van der Waals surface area contributed by atoms with Gasteiger partial charge in [0.1, 0.15) is 5.75 Å². The average Bonchev–Trinajstić information content (AvgIpc) is 3.01. The van der Waals surface area contributed by atoms with Crippen molar-refractivity contribution in [2.45, 2.75) is 0 Å². The van der Waals surface area contributed by atoms with Crippen LogP contribution in [0.1, 0.15) is 0 Å². The van der Waals surface area contributed by atoms with Crippen molar-refractivity contribution in [2.24, 2.45) is 0 Å². The fourth-order valence-corrected chi connectivity index (χ4v) is 2.18. The van der Waals surface area contributed by atoms with E-state index in [0.717, 1.165) is 10.9 Å². The minimum Gasteiger partial charge on any atom is -0.455 e. The number of fused-ring (bicyclic) bond motifs is 2. The van der Waals surface area contributed by atoms with Crippen LogP contribution in [0.15, 0.2) is 53.3 Å². The van der Waals surface area contributed by atoms with Gasteiger partial charge in [-0.3, -0.25) is 4.98 Å². The van der Waals surface area contributed by atoms with Crippen LogP contribution in [0.4, 0.5) is 5.69 Å². The van der Waals surface area contributed by atoms with Crippen molar-refractivity contribution in [1.29, 1.82) is 0 Å². The van der Waals surface area contributed by atoms with Crippen LogP contribution in [-0.2, 0) is 0 Å². The van der Waals surface area contributed by atoms with E-state index in [2.05, 4.69) is 15.3 Å². The van der Waals surface area contributed by atoms with Crippen LogP contribution in [0.2, 0.25) is 0 Å². The fourth-order valence-electron chi connectivity index (χ4n) is 2.18. The Morgan fingerprint density at radius 2 is 1.90 bits per heavy atom. The first kappa shape index (κ1) is 11.7. The Labute approximate surface area is 119 Å². The summed E-state index contributed by atoms with van der Waals surface area (Å²) in [5, 5.41) is 8.65. The summed E-state index contributed by atoms with van der Waals surface area (Å²) in [6.45, 7) is 0. The molecule has 0 unspecified atom stereocenters. The first-order valence-corrected chi connectivity index (χ1v) is 6.35. The number of benzene rings is 2. The summed E-state index contributed by atoms with van der Waals surface area (Å²) in [6, 6.07) is 13.0. The molecule has 4 aromatic rings. The summed E-state index contributed by atoms with van der Waals surface area (Å²) in [7, 11) is 0. The molecule has 0 aliphatic carbocycles. The Hall–Kier alpha value is -3.15. The van der Waals surface area contributed by atoms with Crippen LogP contribution >= 0.6 is 0 Å². The topological polar surface area (TPSA) is 87.1 Å². The summed E-state index contributed by atoms with van der Waals surface area (Å²) in [6.07, 6.45) is 1.75. The average molecular weight is 278 g/mol. The highest BCUT2D eigenvalue weighted by Crippen LogP contribution is 2.31. The molecule has 0 saturated carbocycles. The first-order chi connectivity index (χ1) is 10.3. The predicted octanol–water partition coefficient (Wildman–Crippen LogP) is 3.15. The molecule has 0 amide bonds. The number of anilines is 1. The predicted molar refractivity (Wildman–Crippen MR) is 78.0 cm³/mol. The van der Waals surface area contributed by atoms with Crippen LogP contribution in [-0.4, -0.2) is 15.3 Å². The van der Waals surface area contributed by atoms with E-state index < -0.39 is 0 Å². The van der Waals surface area contributed by atoms with Crippen molar-refractivity contribution in [3.63, 3.8) is 0 Å². The molecule has 6 nitrogen and oxygen atoms in total. The smallest absolute Gasteiger partial charge is 0.179 e. The van der Waals surface area contributed by atoms with Crippen molar-refractivity contribution < 1.29 is 9.37 Å². The number of hydrogen-bond acceptors (Lipinski definition) is 6. The van der Waals surface area contributed by atoms with Gasteiger partial charge < -0.3 is 10.5 Å². The number of aromatic nitrogens is 3. The number of nitrogens with zero attached hydrogens (tertiary/aromatic N) is 3. The number of pyridine rings is 1. The molecule has 0 saturated heterocycles. The van der Waals surface area contributed by atoms with Gasteiger partial charge in [0.2, 0.25) is 0 Å². The van der Waals surface area contributed by atoms with E-state index in [1.807, 2.05) is 30.3 Å². The van der Waals surface area contributed by atoms with Gasteiger partial charge in [-0.05, 0) is 40.6 Å². The molecule has 0 atom stereocenters. The van der Waals surface area contributed by atoms with Gasteiger partial charge in [-0.2, -0.15) is 0 Å². The summed E-state index contributed by atoms with van der Waals surface area (Å²) in [5.41, 5.74) is 8.16. The van der Waals surface area contributed by atoms with Gasteiger partial charge in [-0.25, -0.2) is 4.63 Å². The lowest BCUT2D eigenvalue weighted by Gasteiger charge is -2.07. The van der Waals surface area contributed by atoms with Crippen molar-refractivity contribution >= 4 is 27.6 Å². The maximum Gasteiger partial charge on any atom is 0.179 e. The number of rotatable bonds is 2. The summed E-state index contributed by atoms with van der Waals surface area (Å²) in [4.78, 5) is 4.30. The minimum atomic E-state index is 0.492. The Morgan fingerprint density at radius 1 is 1.00 bits per heavy atom. The molecule has 21 heavy (non-hydrogen) atoms. The highest BCUT2D eigenvalue weighted by Gasteiger charge is 2.12. The lowest BCUT2D eigenvalue weighted by atomic mass is 10.2. The van der Waals surface area contributed by atoms with E-state index in [-0.39, 0.29) is 0 Å². The Morgan fingerprint density at radius 3 is 2.86 bits per heavy atom. The molecule has 0 aliphatic rings. The summed E-state index contributed by atoms with van der Waals surface area (Å²) < 4.78 is 10.6. The van der Waals surface area contributed by atoms with Gasteiger partial charge in [0.05, 0.1) is 11.2 Å². The number of nitrogen functional groups attached to an aromatic ring is 1. The van der Waals surface area contributed by atoms with Crippen molar-refractivity contribution in [3.8, 4) is 11.5 Å². The molecule has 0 radical (unpaired) electrons. The lowest BCUT2D eigenvalue weighted by molar-refractivity contribution is 0.314. The van der Waals surface area contributed by atoms with Crippen LogP contribution in [0.5, 0.6) is 11.5 Å². The third kappa shape index (κ3) is 1.93. The monoisotopic (exact) mass is 278 g/mol. The molecule has 4 rings (SSSR count). The van der Waals surface area contributed by atoms with E-state index in [0.29, 0.717) is 28.2 Å². The highest BCUT2D eigenvalue weighted by atomic mass is 16.6. The van der Waals surface area contributed by atoms with E-state index in [1.54, 1.807) is 18.3 Å². The Bertz CT molecular complexity index is 949. The normalized spacial score (nSPS) is 11.0. The second-order valence-corrected chi connectivity index (χ2v) is 4.57. The van der Waals surface area contributed by atoms with Gasteiger partial charge in [0, 0.05) is 17.6 Å². The first-order valence-electron chi connectivity index (χ1n) is 6.35. The molecule has 2 aromatic heterocycles. The molecule has 6 heteroatoms. The second kappa shape index (κ2) is 4.45. The highest BCUT2D eigenvalue weighted by molar-refractivity contribution is 5.90. The molecule has 2 heterocycles. The zero-order valence-electron chi connectivity index (χ0n) is 10.9. The van der Waals surface area contributed by atoms with Crippen molar-refractivity contribution in [3.05, 3.63) is 48.7 Å². The molecule has 2 N–H and O–H groups in total. The molecule has 2 aromatic carbocycles. The van der Waals surface area contributed by atoms with Crippen LogP contribution in [0, 0.1) is 0 Å². The standard InChI is InChI=1S/C15H10N4O2/c16-11-5-6-13(15-14(11)18-21-19-15)20-10-4-3-9-2-1-7-17-12(9)8-10/h1-8H,16H2. The van der Waals surface area contributed by atoms with Crippen molar-refractivity contribution in [2.75, 3.05) is 5.73 Å². The Kier molecular flexibility index (Phi) is 2.47. The molecule has 0 bridgehead atoms. The summed E-state index contributed by atoms with van der Waals surface area (Å²) in [5.74, 6) is 1.20. The van der Waals surface area contributed by atoms with E-state index in [9.17, 15) is 0 Å².